The summed E-state index contributed by atoms with van der Waals surface area (Å²) in [6.45, 7) is 3.24. The van der Waals surface area contributed by atoms with Crippen LogP contribution in [0.4, 0.5) is 0 Å². The van der Waals surface area contributed by atoms with Gasteiger partial charge in [0.15, 0.2) is 0 Å². The van der Waals surface area contributed by atoms with Gasteiger partial charge in [0, 0.05) is 24.6 Å². The van der Waals surface area contributed by atoms with Crippen LogP contribution in [-0.2, 0) is 24.9 Å². The molecule has 0 saturated carbocycles. The van der Waals surface area contributed by atoms with E-state index in [-0.39, 0.29) is 17.1 Å². The molecule has 0 saturated heterocycles. The zero-order chi connectivity index (χ0) is 25.3. The molecule has 0 spiro atoms. The monoisotopic (exact) mass is 545 g/mol. The van der Waals surface area contributed by atoms with Gasteiger partial charge in [0.2, 0.25) is 0 Å². The largest absolute Gasteiger partial charge is 0.478 e. The molecule has 0 atom stereocenters. The van der Waals surface area contributed by atoms with Crippen LogP contribution in [0.3, 0.4) is 0 Å². The maximum Gasteiger partial charge on any atom is 0.335 e. The average Bonchev–Trinajstić information content (AvgIpc) is 2.85. The molecule has 0 radical (unpaired) electrons. The third kappa shape index (κ3) is 6.89. The van der Waals surface area contributed by atoms with Gasteiger partial charge >= 0.3 is 11.7 Å². The number of halogens is 1. The molecule has 2 N–H and O–H groups in total. The first-order valence-corrected chi connectivity index (χ1v) is 11.3. The second kappa shape index (κ2) is 12.9. The fourth-order valence-electron chi connectivity index (χ4n) is 3.08. The van der Waals surface area contributed by atoms with Crippen LogP contribution in [0.25, 0.3) is 6.08 Å². The van der Waals surface area contributed by atoms with E-state index in [1.54, 1.807) is 25.3 Å². The van der Waals surface area contributed by atoms with E-state index in [0.717, 1.165) is 14.6 Å². The molecule has 2 aromatic carbocycles. The van der Waals surface area contributed by atoms with Gasteiger partial charge in [0.25, 0.3) is 5.56 Å². The van der Waals surface area contributed by atoms with Gasteiger partial charge in [-0.1, -0.05) is 46.3 Å². The normalized spacial score (nSPS) is 10.7. The van der Waals surface area contributed by atoms with Crippen molar-refractivity contribution in [1.82, 2.24) is 14.5 Å². The predicted octanol–water partition coefficient (Wildman–Crippen LogP) is 2.96. The van der Waals surface area contributed by atoms with Gasteiger partial charge < -0.3 is 15.2 Å². The Balaban J connectivity index is 0.00000199. The zero-order valence-corrected chi connectivity index (χ0v) is 20.9. The van der Waals surface area contributed by atoms with Crippen molar-refractivity contribution in [3.63, 3.8) is 0 Å². The second-order valence-electron chi connectivity index (χ2n) is 7.13. The van der Waals surface area contributed by atoms with Crippen LogP contribution >= 0.6 is 28.6 Å². The summed E-state index contributed by atoms with van der Waals surface area (Å²) in [6.07, 6.45) is 3.47. The first-order valence-electron chi connectivity index (χ1n) is 10.0. The lowest BCUT2D eigenvalue weighted by atomic mass is 10.1. The van der Waals surface area contributed by atoms with E-state index in [1.165, 1.54) is 16.7 Å². The van der Waals surface area contributed by atoms with E-state index in [9.17, 15) is 14.4 Å². The van der Waals surface area contributed by atoms with Crippen molar-refractivity contribution < 1.29 is 14.7 Å². The van der Waals surface area contributed by atoms with Crippen molar-refractivity contribution in [3.05, 3.63) is 102 Å². The zero-order valence-electron chi connectivity index (χ0n) is 18.4. The Morgan fingerprint density at radius 1 is 1.09 bits per heavy atom. The fraction of sp³-hybridized carbons (Fsp3) is 0.167. The molecule has 0 bridgehead atoms. The van der Waals surface area contributed by atoms with Gasteiger partial charge in [-0.15, -0.1) is 12.6 Å². The SMILES string of the molecule is C=O.Cn1c(S)c(/C=C/CNCc2ccc(Br)cc2)c(=O)n(Cc2ccc(C(=O)O)cc2)c1=O. The highest BCUT2D eigenvalue weighted by molar-refractivity contribution is 9.10. The standard InChI is InChI=1S/C23H22BrN3O4S.CH2O/c1-26-21(32)19(3-2-12-25-13-15-6-10-18(24)11-7-15)20(28)27(23(26)31)14-16-4-8-17(9-5-16)22(29)30;1-2/h2-11,25,32H,12-14H2,1H3,(H,29,30);1H2/b3-2+;. The summed E-state index contributed by atoms with van der Waals surface area (Å²) in [7, 11) is 1.55. The topological polar surface area (TPSA) is 110 Å². The number of hydrogen-bond donors (Lipinski definition) is 3. The summed E-state index contributed by atoms with van der Waals surface area (Å²) in [5.74, 6) is -1.04. The number of nitrogens with one attached hydrogen (secondary N) is 1. The van der Waals surface area contributed by atoms with Crippen LogP contribution in [-0.4, -0.2) is 33.5 Å². The Morgan fingerprint density at radius 2 is 1.68 bits per heavy atom. The van der Waals surface area contributed by atoms with Gasteiger partial charge in [-0.25, -0.2) is 9.59 Å². The minimum Gasteiger partial charge on any atom is -0.478 e. The summed E-state index contributed by atoms with van der Waals surface area (Å²) in [4.78, 5) is 44.6. The molecule has 3 aromatic rings. The fourth-order valence-corrected chi connectivity index (χ4v) is 3.60. The molecule has 0 aliphatic carbocycles. The van der Waals surface area contributed by atoms with Crippen LogP contribution in [0.5, 0.6) is 0 Å². The number of benzene rings is 2. The molecule has 3 rings (SSSR count). The van der Waals surface area contributed by atoms with Crippen LogP contribution < -0.4 is 16.6 Å². The summed E-state index contributed by atoms with van der Waals surface area (Å²) in [5.41, 5.74) is 1.28. The lowest BCUT2D eigenvalue weighted by Gasteiger charge is -2.12. The number of carbonyl (C=O) groups is 2. The minimum atomic E-state index is -1.04. The van der Waals surface area contributed by atoms with E-state index in [1.807, 2.05) is 37.1 Å². The quantitative estimate of drug-likeness (QED) is 0.228. The van der Waals surface area contributed by atoms with Crippen LogP contribution in [0.15, 0.2) is 73.7 Å². The molecule has 8 nitrogen and oxygen atoms in total. The Bertz CT molecular complexity index is 1280. The number of carboxylic acid groups (broad SMARTS) is 1. The van der Waals surface area contributed by atoms with Gasteiger partial charge in [-0.2, -0.15) is 0 Å². The summed E-state index contributed by atoms with van der Waals surface area (Å²) < 4.78 is 3.45. The first kappa shape index (κ1) is 27.0. The van der Waals surface area contributed by atoms with Crippen molar-refractivity contribution >= 4 is 47.4 Å². The number of carboxylic acids is 1. The third-order valence-corrected chi connectivity index (χ3v) is 5.95. The van der Waals surface area contributed by atoms with Crippen molar-refractivity contribution in [2.45, 2.75) is 18.1 Å². The molecule has 1 heterocycles. The van der Waals surface area contributed by atoms with Crippen molar-refractivity contribution in [2.75, 3.05) is 6.54 Å². The van der Waals surface area contributed by atoms with Crippen LogP contribution in [0.2, 0.25) is 0 Å². The molecule has 0 amide bonds. The molecule has 1 aromatic heterocycles. The van der Waals surface area contributed by atoms with Gasteiger partial charge in [0.1, 0.15) is 6.79 Å². The molecule has 34 heavy (non-hydrogen) atoms. The molecule has 178 valence electrons. The number of aromatic carboxylic acids is 1. The molecular weight excluding hydrogens is 522 g/mol. The van der Waals surface area contributed by atoms with E-state index in [0.29, 0.717) is 24.2 Å². The number of carbonyl (C=O) groups excluding carboxylic acids is 1. The number of hydrogen-bond acceptors (Lipinski definition) is 6. The van der Waals surface area contributed by atoms with E-state index in [2.05, 4.69) is 33.9 Å². The maximum absolute atomic E-state index is 13.0. The molecule has 0 unspecified atom stereocenters. The first-order chi connectivity index (χ1) is 16.3. The highest BCUT2D eigenvalue weighted by Crippen LogP contribution is 2.11. The highest BCUT2D eigenvalue weighted by Gasteiger charge is 2.14. The summed E-state index contributed by atoms with van der Waals surface area (Å²) in [5, 5.41) is 12.6. The van der Waals surface area contributed by atoms with Crippen molar-refractivity contribution in [1.29, 1.82) is 0 Å². The molecule has 0 aliphatic heterocycles. The second-order valence-corrected chi connectivity index (χ2v) is 8.47. The van der Waals surface area contributed by atoms with Crippen molar-refractivity contribution in [3.8, 4) is 0 Å². The van der Waals surface area contributed by atoms with Crippen molar-refractivity contribution in [2.24, 2.45) is 7.05 Å². The van der Waals surface area contributed by atoms with E-state index >= 15 is 0 Å². The minimum absolute atomic E-state index is 0.0299. The Morgan fingerprint density at radius 3 is 2.26 bits per heavy atom. The molecule has 0 aliphatic rings. The molecular formula is C24H24BrN3O5S. The Labute approximate surface area is 210 Å². The highest BCUT2D eigenvalue weighted by atomic mass is 79.9. The number of aromatic nitrogens is 2. The maximum atomic E-state index is 13.0. The number of thiol groups is 1. The lowest BCUT2D eigenvalue weighted by molar-refractivity contribution is -0.0980. The van der Waals surface area contributed by atoms with Crippen LogP contribution in [0.1, 0.15) is 27.0 Å². The Hall–Kier alpha value is -3.21. The summed E-state index contributed by atoms with van der Waals surface area (Å²) in [6, 6.07) is 14.0. The summed E-state index contributed by atoms with van der Waals surface area (Å²) >= 11 is 7.77. The van der Waals surface area contributed by atoms with Gasteiger partial charge in [0.05, 0.1) is 22.7 Å². The average molecular weight is 546 g/mol. The van der Waals surface area contributed by atoms with E-state index in [4.69, 9.17) is 9.90 Å². The molecule has 10 heteroatoms. The Kier molecular flexibility index (Phi) is 10.2. The lowest BCUT2D eigenvalue weighted by Crippen LogP contribution is -2.41. The van der Waals surface area contributed by atoms with E-state index < -0.39 is 17.2 Å². The predicted molar refractivity (Wildman–Crippen MR) is 138 cm³/mol. The third-order valence-electron chi connectivity index (χ3n) is 4.88. The van der Waals surface area contributed by atoms with Gasteiger partial charge in [-0.3, -0.25) is 13.9 Å². The van der Waals surface area contributed by atoms with Crippen LogP contribution in [0, 0.1) is 0 Å². The smallest absolute Gasteiger partial charge is 0.335 e. The molecule has 0 fully saturated rings. The van der Waals surface area contributed by atoms with Gasteiger partial charge in [-0.05, 0) is 41.5 Å². The number of rotatable bonds is 8. The number of nitrogens with zero attached hydrogens (tertiary/aromatic N) is 2.